The van der Waals surface area contributed by atoms with Crippen molar-refractivity contribution in [3.05, 3.63) is 81.9 Å². The van der Waals surface area contributed by atoms with Gasteiger partial charge in [0.05, 0.1) is 6.61 Å². The van der Waals surface area contributed by atoms with E-state index in [0.29, 0.717) is 23.8 Å². The number of pyridine rings is 2. The molecule has 1 aliphatic heterocycles. The Morgan fingerprint density at radius 3 is 2.62 bits per heavy atom. The van der Waals surface area contributed by atoms with Gasteiger partial charge in [-0.05, 0) is 85.8 Å². The summed E-state index contributed by atoms with van der Waals surface area (Å²) in [6.45, 7) is 2.46. The SMILES string of the molecule is Cn1cnnc1-c1cc(F)ccc1-c1cc(NC(=O)c2cc(CN3CCCCC3)cn(CCO)c2=O)nc(C2CC2)c1. The molecule has 1 amide bonds. The molecular weight excluding hydrogens is 537 g/mol. The van der Waals surface area contributed by atoms with Crippen molar-refractivity contribution in [2.75, 3.05) is 25.0 Å². The number of rotatable bonds is 9. The fourth-order valence-electron chi connectivity index (χ4n) is 5.62. The van der Waals surface area contributed by atoms with E-state index >= 15 is 0 Å². The summed E-state index contributed by atoms with van der Waals surface area (Å²) in [5.41, 5.74) is 3.24. The molecule has 1 aliphatic carbocycles. The average Bonchev–Trinajstić information content (AvgIpc) is 3.75. The number of nitrogens with zero attached hydrogens (tertiary/aromatic N) is 6. The molecule has 4 heterocycles. The standard InChI is InChI=1S/C31H34FN7O3/c1-37-19-33-36-29(37)25-16-23(32)7-8-24(25)22-14-27(21-5-6-21)34-28(15-22)35-30(41)26-13-20(17-38-9-3-2-4-10-38)18-39(11-12-40)31(26)42/h7-8,13-16,18-19,21,40H,2-6,9-12,17H2,1H3,(H,34,35,41). The van der Waals surface area contributed by atoms with Gasteiger partial charge in [0.25, 0.3) is 11.5 Å². The molecule has 0 atom stereocenters. The number of hydrogen-bond acceptors (Lipinski definition) is 7. The van der Waals surface area contributed by atoms with Crippen molar-refractivity contribution < 1.29 is 14.3 Å². The second kappa shape index (κ2) is 11.9. The monoisotopic (exact) mass is 571 g/mol. The van der Waals surface area contributed by atoms with Crippen molar-refractivity contribution in [3.8, 4) is 22.5 Å². The van der Waals surface area contributed by atoms with Crippen LogP contribution < -0.4 is 10.9 Å². The number of carbonyl (C=O) groups is 1. The third kappa shape index (κ3) is 6.02. The molecule has 11 heteroatoms. The largest absolute Gasteiger partial charge is 0.395 e. The molecule has 2 fully saturated rings. The van der Waals surface area contributed by atoms with Crippen LogP contribution in [-0.4, -0.2) is 59.9 Å². The molecule has 6 rings (SSSR count). The maximum absolute atomic E-state index is 14.4. The minimum Gasteiger partial charge on any atom is -0.395 e. The van der Waals surface area contributed by atoms with Gasteiger partial charge in [0, 0.05) is 43.5 Å². The second-order valence-electron chi connectivity index (χ2n) is 11.2. The number of amides is 1. The summed E-state index contributed by atoms with van der Waals surface area (Å²) in [5, 5.41) is 20.6. The summed E-state index contributed by atoms with van der Waals surface area (Å²) in [6, 6.07) is 9.86. The Balaban J connectivity index is 1.36. The van der Waals surface area contributed by atoms with E-state index in [1.807, 2.05) is 6.07 Å². The van der Waals surface area contributed by atoms with Crippen LogP contribution in [0.3, 0.4) is 0 Å². The lowest BCUT2D eigenvalue weighted by Crippen LogP contribution is -2.33. The lowest BCUT2D eigenvalue weighted by molar-refractivity contribution is 0.102. The van der Waals surface area contributed by atoms with Crippen molar-refractivity contribution in [1.82, 2.24) is 29.2 Å². The van der Waals surface area contributed by atoms with Crippen molar-refractivity contribution in [3.63, 3.8) is 0 Å². The summed E-state index contributed by atoms with van der Waals surface area (Å²) in [7, 11) is 1.79. The number of likely N-dealkylation sites (tertiary alicyclic amines) is 1. The molecule has 1 saturated heterocycles. The van der Waals surface area contributed by atoms with Gasteiger partial charge >= 0.3 is 0 Å². The fourth-order valence-corrected chi connectivity index (χ4v) is 5.62. The van der Waals surface area contributed by atoms with Crippen LogP contribution in [0.25, 0.3) is 22.5 Å². The van der Waals surface area contributed by atoms with Crippen LogP contribution in [0.1, 0.15) is 59.6 Å². The summed E-state index contributed by atoms with van der Waals surface area (Å²) in [6.07, 6.45) is 8.74. The molecule has 218 valence electrons. The van der Waals surface area contributed by atoms with Gasteiger partial charge in [-0.25, -0.2) is 9.37 Å². The van der Waals surface area contributed by atoms with Crippen LogP contribution in [0.4, 0.5) is 10.2 Å². The Morgan fingerprint density at radius 2 is 1.90 bits per heavy atom. The van der Waals surface area contributed by atoms with Crippen LogP contribution in [0.5, 0.6) is 0 Å². The van der Waals surface area contributed by atoms with Crippen LogP contribution in [-0.2, 0) is 20.1 Å². The van der Waals surface area contributed by atoms with Gasteiger partial charge in [-0.1, -0.05) is 12.5 Å². The number of aryl methyl sites for hydroxylation is 1. The molecule has 1 aromatic carbocycles. The maximum Gasteiger partial charge on any atom is 0.263 e. The Bertz CT molecular complexity index is 1670. The van der Waals surface area contributed by atoms with E-state index in [0.717, 1.165) is 61.2 Å². The van der Waals surface area contributed by atoms with Gasteiger partial charge < -0.3 is 19.6 Å². The highest BCUT2D eigenvalue weighted by Crippen LogP contribution is 2.42. The van der Waals surface area contributed by atoms with Gasteiger partial charge in [0.15, 0.2) is 5.82 Å². The zero-order valence-electron chi connectivity index (χ0n) is 23.6. The molecule has 3 aromatic heterocycles. The lowest BCUT2D eigenvalue weighted by atomic mass is 9.98. The first kappa shape index (κ1) is 27.9. The summed E-state index contributed by atoms with van der Waals surface area (Å²) >= 11 is 0. The van der Waals surface area contributed by atoms with Gasteiger partial charge in [0.1, 0.15) is 23.5 Å². The number of aliphatic hydroxyl groups is 1. The van der Waals surface area contributed by atoms with Crippen LogP contribution in [0.15, 0.2) is 53.7 Å². The molecule has 10 nitrogen and oxygen atoms in total. The molecule has 0 unspecified atom stereocenters. The smallest absolute Gasteiger partial charge is 0.263 e. The quantitative estimate of drug-likeness (QED) is 0.312. The minimum atomic E-state index is -0.564. The number of nitrogens with one attached hydrogen (secondary N) is 1. The fraction of sp³-hybridized carbons (Fsp3) is 0.387. The maximum atomic E-state index is 14.4. The third-order valence-corrected chi connectivity index (χ3v) is 7.91. The Kier molecular flexibility index (Phi) is 7.94. The van der Waals surface area contributed by atoms with Crippen LogP contribution in [0.2, 0.25) is 0 Å². The van der Waals surface area contributed by atoms with E-state index < -0.39 is 17.3 Å². The van der Waals surface area contributed by atoms with Crippen molar-refractivity contribution >= 4 is 11.7 Å². The van der Waals surface area contributed by atoms with Crippen molar-refractivity contribution in [2.24, 2.45) is 7.05 Å². The van der Waals surface area contributed by atoms with E-state index in [1.54, 1.807) is 42.3 Å². The molecule has 4 aromatic rings. The summed E-state index contributed by atoms with van der Waals surface area (Å²) in [5.74, 6) is 0.127. The number of hydrogen-bond donors (Lipinski definition) is 2. The Hall–Kier alpha value is -4.22. The van der Waals surface area contributed by atoms with Gasteiger partial charge in [-0.3, -0.25) is 14.5 Å². The number of aromatic nitrogens is 5. The number of carbonyl (C=O) groups excluding carboxylic acids is 1. The topological polar surface area (TPSA) is 118 Å². The first-order valence-electron chi connectivity index (χ1n) is 14.4. The molecule has 0 bridgehead atoms. The normalized spacial score (nSPS) is 15.6. The Labute approximate surface area is 242 Å². The molecule has 2 N–H and O–H groups in total. The van der Waals surface area contributed by atoms with Crippen molar-refractivity contribution in [1.29, 1.82) is 0 Å². The summed E-state index contributed by atoms with van der Waals surface area (Å²) < 4.78 is 17.5. The number of benzene rings is 1. The predicted molar refractivity (Wildman–Crippen MR) is 156 cm³/mol. The second-order valence-corrected chi connectivity index (χ2v) is 11.2. The number of halogens is 1. The lowest BCUT2D eigenvalue weighted by Gasteiger charge is -2.26. The molecule has 2 aliphatic rings. The van der Waals surface area contributed by atoms with E-state index in [2.05, 4.69) is 20.4 Å². The highest BCUT2D eigenvalue weighted by Gasteiger charge is 2.27. The number of aliphatic hydroxyl groups excluding tert-OH is 1. The minimum absolute atomic E-state index is 0.000287. The van der Waals surface area contributed by atoms with Gasteiger partial charge in [-0.15, -0.1) is 10.2 Å². The molecule has 1 saturated carbocycles. The first-order chi connectivity index (χ1) is 20.4. The van der Waals surface area contributed by atoms with Gasteiger partial charge in [0.2, 0.25) is 0 Å². The zero-order chi connectivity index (χ0) is 29.2. The number of piperidine rings is 1. The van der Waals surface area contributed by atoms with Gasteiger partial charge in [-0.2, -0.15) is 0 Å². The van der Waals surface area contributed by atoms with Crippen LogP contribution in [0, 0.1) is 5.82 Å². The molecular formula is C31H34FN7O3. The van der Waals surface area contributed by atoms with Crippen LogP contribution >= 0.6 is 0 Å². The van der Waals surface area contributed by atoms with E-state index in [1.165, 1.54) is 23.1 Å². The molecule has 0 spiro atoms. The van der Waals surface area contributed by atoms with E-state index in [9.17, 15) is 19.1 Å². The highest BCUT2D eigenvalue weighted by atomic mass is 19.1. The molecule has 42 heavy (non-hydrogen) atoms. The molecule has 0 radical (unpaired) electrons. The third-order valence-electron chi connectivity index (χ3n) is 7.91. The Morgan fingerprint density at radius 1 is 1.10 bits per heavy atom. The van der Waals surface area contributed by atoms with Crippen molar-refractivity contribution in [2.45, 2.75) is 51.1 Å². The zero-order valence-corrected chi connectivity index (χ0v) is 23.6. The van der Waals surface area contributed by atoms with E-state index in [4.69, 9.17) is 4.98 Å². The summed E-state index contributed by atoms with van der Waals surface area (Å²) in [4.78, 5) is 33.9. The highest BCUT2D eigenvalue weighted by molar-refractivity contribution is 6.04. The first-order valence-corrected chi connectivity index (χ1v) is 14.4. The average molecular weight is 572 g/mol. The van der Waals surface area contributed by atoms with E-state index in [-0.39, 0.29) is 24.6 Å². The number of anilines is 1. The predicted octanol–water partition coefficient (Wildman–Crippen LogP) is 3.95.